The van der Waals surface area contributed by atoms with Gasteiger partial charge in [0.05, 0.1) is 6.07 Å². The van der Waals surface area contributed by atoms with Crippen LogP contribution in [0.2, 0.25) is 0 Å². The van der Waals surface area contributed by atoms with Crippen LogP contribution in [0, 0.1) is 22.2 Å². The molecule has 0 radical (unpaired) electrons. The Balaban J connectivity index is 1.67. The molecule has 2 unspecified atom stereocenters. The molecule has 27 heavy (non-hydrogen) atoms. The first-order chi connectivity index (χ1) is 12.9. The zero-order valence-corrected chi connectivity index (χ0v) is 16.6. The van der Waals surface area contributed by atoms with E-state index in [1.807, 2.05) is 18.2 Å². The number of hydrogen-bond acceptors (Lipinski definition) is 2. The summed E-state index contributed by atoms with van der Waals surface area (Å²) in [5.74, 6) is 0. The molecule has 0 bridgehead atoms. The summed E-state index contributed by atoms with van der Waals surface area (Å²) in [6.45, 7) is 8.18. The van der Waals surface area contributed by atoms with Crippen LogP contribution in [0.15, 0.2) is 54.6 Å². The zero-order chi connectivity index (χ0) is 19.5. The normalized spacial score (nSPS) is 23.7. The van der Waals surface area contributed by atoms with Crippen molar-refractivity contribution in [1.82, 2.24) is 4.90 Å². The van der Waals surface area contributed by atoms with Gasteiger partial charge in [-0.2, -0.15) is 5.26 Å². The molecule has 2 aromatic carbocycles. The Morgan fingerprint density at radius 1 is 1.07 bits per heavy atom. The Bertz CT molecular complexity index is 786. The van der Waals surface area contributed by atoms with Gasteiger partial charge < -0.3 is 0 Å². The van der Waals surface area contributed by atoms with Crippen LogP contribution in [0.5, 0.6) is 0 Å². The van der Waals surface area contributed by atoms with Crippen molar-refractivity contribution in [2.75, 3.05) is 13.1 Å². The lowest BCUT2D eigenvalue weighted by atomic mass is 9.59. The summed E-state index contributed by atoms with van der Waals surface area (Å²) < 4.78 is 15.2. The molecule has 142 valence electrons. The summed E-state index contributed by atoms with van der Waals surface area (Å²) in [6, 6.07) is 21.1. The van der Waals surface area contributed by atoms with Crippen molar-refractivity contribution in [2.24, 2.45) is 10.8 Å². The lowest BCUT2D eigenvalue weighted by Crippen LogP contribution is -2.54. The van der Waals surface area contributed by atoms with E-state index in [-0.39, 0.29) is 11.8 Å². The Morgan fingerprint density at radius 2 is 1.70 bits per heavy atom. The van der Waals surface area contributed by atoms with Crippen LogP contribution in [0.3, 0.4) is 0 Å². The molecule has 1 heterocycles. The van der Waals surface area contributed by atoms with E-state index in [2.05, 4.69) is 68.1 Å². The van der Waals surface area contributed by atoms with Crippen molar-refractivity contribution < 1.29 is 4.39 Å². The van der Waals surface area contributed by atoms with Crippen molar-refractivity contribution in [3.8, 4) is 17.2 Å². The fraction of sp³-hybridized carbons (Fsp3) is 0.458. The Kier molecular flexibility index (Phi) is 5.67. The van der Waals surface area contributed by atoms with Gasteiger partial charge in [0.1, 0.15) is 6.17 Å². The first-order valence-corrected chi connectivity index (χ1v) is 9.73. The molecule has 1 fully saturated rings. The minimum atomic E-state index is -0.977. The van der Waals surface area contributed by atoms with E-state index >= 15 is 4.39 Å². The number of nitrogens with zero attached hydrogens (tertiary/aromatic N) is 2. The highest BCUT2D eigenvalue weighted by atomic mass is 19.1. The minimum Gasteiger partial charge on any atom is -0.296 e. The molecule has 3 heteroatoms. The summed E-state index contributed by atoms with van der Waals surface area (Å²) in [4.78, 5) is 2.18. The molecule has 1 aliphatic rings. The molecule has 3 rings (SSSR count). The highest BCUT2D eigenvalue weighted by Crippen LogP contribution is 2.50. The van der Waals surface area contributed by atoms with Crippen LogP contribution >= 0.6 is 0 Å². The predicted molar refractivity (Wildman–Crippen MR) is 109 cm³/mol. The lowest BCUT2D eigenvalue weighted by Gasteiger charge is -2.51. The van der Waals surface area contributed by atoms with Gasteiger partial charge in [0, 0.05) is 24.9 Å². The summed E-state index contributed by atoms with van der Waals surface area (Å²) in [7, 11) is 0. The van der Waals surface area contributed by atoms with Gasteiger partial charge in [0.25, 0.3) is 0 Å². The quantitative estimate of drug-likeness (QED) is 0.681. The third-order valence-electron chi connectivity index (χ3n) is 6.25. The third-order valence-corrected chi connectivity index (χ3v) is 6.25. The van der Waals surface area contributed by atoms with Crippen molar-refractivity contribution in [2.45, 2.75) is 46.3 Å². The second-order valence-electron chi connectivity index (χ2n) is 8.76. The fourth-order valence-corrected chi connectivity index (χ4v) is 4.29. The molecule has 0 saturated carbocycles. The van der Waals surface area contributed by atoms with Gasteiger partial charge in [-0.1, -0.05) is 75.4 Å². The SMILES string of the molecule is CC(C)(C)C1(CC#N)CCN(Cc2ccc(-c3ccccc3)cc2)CC1F. The Hall–Kier alpha value is -2.18. The second kappa shape index (κ2) is 7.82. The predicted octanol–water partition coefficient (Wildman–Crippen LogP) is 5.84. The summed E-state index contributed by atoms with van der Waals surface area (Å²) in [5, 5.41) is 9.26. The van der Waals surface area contributed by atoms with E-state index in [0.717, 1.165) is 19.5 Å². The molecule has 0 N–H and O–H groups in total. The van der Waals surface area contributed by atoms with E-state index in [1.54, 1.807) is 0 Å². The zero-order valence-electron chi connectivity index (χ0n) is 16.6. The maximum absolute atomic E-state index is 15.2. The number of rotatable bonds is 4. The lowest BCUT2D eigenvalue weighted by molar-refractivity contribution is -0.0660. The number of piperidine rings is 1. The average molecular weight is 365 g/mol. The summed E-state index contributed by atoms with van der Waals surface area (Å²) >= 11 is 0. The summed E-state index contributed by atoms with van der Waals surface area (Å²) in [5.41, 5.74) is 2.84. The number of alkyl halides is 1. The third kappa shape index (κ3) is 4.06. The Morgan fingerprint density at radius 3 is 2.26 bits per heavy atom. The topological polar surface area (TPSA) is 27.0 Å². The van der Waals surface area contributed by atoms with Crippen molar-refractivity contribution >= 4 is 0 Å². The van der Waals surface area contributed by atoms with Crippen LogP contribution in [0.4, 0.5) is 4.39 Å². The Labute approximate surface area is 162 Å². The molecule has 0 amide bonds. The number of hydrogen-bond donors (Lipinski definition) is 0. The number of benzene rings is 2. The molecule has 0 aromatic heterocycles. The van der Waals surface area contributed by atoms with Crippen LogP contribution in [0.25, 0.3) is 11.1 Å². The molecule has 1 saturated heterocycles. The van der Waals surface area contributed by atoms with Crippen LogP contribution in [0.1, 0.15) is 39.2 Å². The largest absolute Gasteiger partial charge is 0.296 e. The first kappa shape index (κ1) is 19.6. The van der Waals surface area contributed by atoms with Gasteiger partial charge >= 0.3 is 0 Å². The van der Waals surface area contributed by atoms with Gasteiger partial charge in [0.2, 0.25) is 0 Å². The van der Waals surface area contributed by atoms with Crippen molar-refractivity contribution in [3.05, 3.63) is 60.2 Å². The highest BCUT2D eigenvalue weighted by Gasteiger charge is 2.51. The minimum absolute atomic E-state index is 0.217. The maximum atomic E-state index is 15.2. The van der Waals surface area contributed by atoms with E-state index in [0.29, 0.717) is 6.54 Å². The number of nitriles is 1. The van der Waals surface area contributed by atoms with Crippen molar-refractivity contribution in [3.63, 3.8) is 0 Å². The van der Waals surface area contributed by atoms with E-state index in [1.165, 1.54) is 16.7 Å². The molecule has 0 spiro atoms. The van der Waals surface area contributed by atoms with Crippen molar-refractivity contribution in [1.29, 1.82) is 5.26 Å². The van der Waals surface area contributed by atoms with Gasteiger partial charge in [-0.05, 0) is 35.1 Å². The van der Waals surface area contributed by atoms with E-state index in [9.17, 15) is 5.26 Å². The van der Waals surface area contributed by atoms with Gasteiger partial charge in [-0.3, -0.25) is 4.90 Å². The van der Waals surface area contributed by atoms with Gasteiger partial charge in [-0.15, -0.1) is 0 Å². The average Bonchev–Trinajstić information content (AvgIpc) is 2.64. The monoisotopic (exact) mass is 364 g/mol. The maximum Gasteiger partial charge on any atom is 0.120 e. The molecular weight excluding hydrogens is 335 g/mol. The second-order valence-corrected chi connectivity index (χ2v) is 8.76. The van der Waals surface area contributed by atoms with Crippen LogP contribution < -0.4 is 0 Å². The smallest absolute Gasteiger partial charge is 0.120 e. The number of halogens is 1. The standard InChI is InChI=1S/C24H29FN2/c1-23(2,3)24(13-15-26)14-16-27(18-22(24)25)17-19-9-11-21(12-10-19)20-7-5-4-6-8-20/h4-12,22H,13-14,16-18H2,1-3H3. The molecule has 2 aromatic rings. The van der Waals surface area contributed by atoms with Gasteiger partial charge in [-0.25, -0.2) is 4.39 Å². The molecule has 0 aliphatic carbocycles. The molecular formula is C24H29FN2. The van der Waals surface area contributed by atoms with Gasteiger partial charge in [0.15, 0.2) is 0 Å². The first-order valence-electron chi connectivity index (χ1n) is 9.73. The van der Waals surface area contributed by atoms with E-state index in [4.69, 9.17) is 0 Å². The van der Waals surface area contributed by atoms with Crippen LogP contribution in [-0.2, 0) is 6.54 Å². The van der Waals surface area contributed by atoms with Crippen LogP contribution in [-0.4, -0.2) is 24.2 Å². The number of likely N-dealkylation sites (tertiary alicyclic amines) is 1. The molecule has 2 atom stereocenters. The molecule has 1 aliphatic heterocycles. The molecule has 2 nitrogen and oxygen atoms in total. The van der Waals surface area contributed by atoms with E-state index < -0.39 is 11.6 Å². The highest BCUT2D eigenvalue weighted by molar-refractivity contribution is 5.63. The fourth-order valence-electron chi connectivity index (χ4n) is 4.29. The summed E-state index contributed by atoms with van der Waals surface area (Å²) in [6.07, 6.45) is 0.0411.